The number of nitrogens with zero attached hydrogens (tertiary/aromatic N) is 4. The maximum absolute atomic E-state index is 5.90. The molecule has 2 heterocycles. The lowest BCUT2D eigenvalue weighted by molar-refractivity contribution is -0.0284. The highest BCUT2D eigenvalue weighted by molar-refractivity contribution is 14.0. The van der Waals surface area contributed by atoms with E-state index < -0.39 is 0 Å². The first-order chi connectivity index (χ1) is 13.6. The summed E-state index contributed by atoms with van der Waals surface area (Å²) in [5, 5.41) is 11.2. The Hall–Kier alpha value is -1.65. The number of halogens is 1. The normalized spacial score (nSPS) is 17.8. The lowest BCUT2D eigenvalue weighted by Gasteiger charge is -2.34. The van der Waals surface area contributed by atoms with Crippen molar-refractivity contribution < 1.29 is 4.74 Å². The maximum Gasteiger partial charge on any atom is 0.191 e. The standard InChI is InChI=1S/C21H32N6O.HI/c1-17(2)14-26-9-10-28-20(16-26)13-24-21(22-3)23-11-18-12-25-27(15-18)19-7-5-4-6-8-19;/h4-8,12,15,17,20H,9-11,13-14,16H2,1-3H3,(H2,22,23,24);1H. The summed E-state index contributed by atoms with van der Waals surface area (Å²) in [5.41, 5.74) is 2.15. The Morgan fingerprint density at radius 3 is 2.79 bits per heavy atom. The lowest BCUT2D eigenvalue weighted by Crippen LogP contribution is -2.50. The molecule has 1 saturated heterocycles. The third-order valence-electron chi connectivity index (χ3n) is 4.68. The molecule has 1 aliphatic rings. The Labute approximate surface area is 190 Å². The number of ether oxygens (including phenoxy) is 1. The highest BCUT2D eigenvalue weighted by Gasteiger charge is 2.21. The van der Waals surface area contributed by atoms with Crippen molar-refractivity contribution in [3.05, 3.63) is 48.3 Å². The SMILES string of the molecule is CN=C(NCc1cnn(-c2ccccc2)c1)NCC1CN(CC(C)C)CCO1.I. The fourth-order valence-corrected chi connectivity index (χ4v) is 3.38. The number of nitrogens with one attached hydrogen (secondary N) is 2. The highest BCUT2D eigenvalue weighted by atomic mass is 127. The van der Waals surface area contributed by atoms with E-state index in [1.807, 2.05) is 47.4 Å². The molecule has 29 heavy (non-hydrogen) atoms. The summed E-state index contributed by atoms with van der Waals surface area (Å²) in [5.74, 6) is 1.45. The molecular weight excluding hydrogens is 479 g/mol. The molecule has 8 heteroatoms. The molecule has 1 aromatic carbocycles. The molecule has 160 valence electrons. The van der Waals surface area contributed by atoms with E-state index in [-0.39, 0.29) is 30.1 Å². The largest absolute Gasteiger partial charge is 0.374 e. The summed E-state index contributed by atoms with van der Waals surface area (Å²) < 4.78 is 7.78. The lowest BCUT2D eigenvalue weighted by atomic mass is 10.2. The van der Waals surface area contributed by atoms with E-state index in [4.69, 9.17) is 4.74 Å². The molecule has 1 aromatic heterocycles. The van der Waals surface area contributed by atoms with Crippen molar-refractivity contribution in [1.29, 1.82) is 0 Å². The number of hydrogen-bond acceptors (Lipinski definition) is 4. The van der Waals surface area contributed by atoms with Crippen LogP contribution < -0.4 is 10.6 Å². The van der Waals surface area contributed by atoms with Gasteiger partial charge in [-0.15, -0.1) is 24.0 Å². The van der Waals surface area contributed by atoms with Crippen LogP contribution in [-0.4, -0.2) is 66.6 Å². The molecule has 0 spiro atoms. The van der Waals surface area contributed by atoms with Crippen molar-refractivity contribution in [2.75, 3.05) is 39.8 Å². The molecule has 1 fully saturated rings. The summed E-state index contributed by atoms with van der Waals surface area (Å²) in [7, 11) is 1.79. The van der Waals surface area contributed by atoms with E-state index in [0.29, 0.717) is 12.5 Å². The monoisotopic (exact) mass is 512 g/mol. The van der Waals surface area contributed by atoms with Gasteiger partial charge in [0.15, 0.2) is 5.96 Å². The Morgan fingerprint density at radius 1 is 1.28 bits per heavy atom. The van der Waals surface area contributed by atoms with Gasteiger partial charge in [-0.2, -0.15) is 5.10 Å². The number of aromatic nitrogens is 2. The van der Waals surface area contributed by atoms with Gasteiger partial charge in [-0.1, -0.05) is 32.0 Å². The van der Waals surface area contributed by atoms with Crippen molar-refractivity contribution in [2.45, 2.75) is 26.5 Å². The topological polar surface area (TPSA) is 66.7 Å². The number of aliphatic imine (C=N–C) groups is 1. The van der Waals surface area contributed by atoms with Crippen LogP contribution in [0.15, 0.2) is 47.7 Å². The molecule has 0 bridgehead atoms. The third kappa shape index (κ3) is 7.60. The fourth-order valence-electron chi connectivity index (χ4n) is 3.38. The minimum atomic E-state index is 0. The molecule has 1 aliphatic heterocycles. The van der Waals surface area contributed by atoms with Crippen LogP contribution in [0.4, 0.5) is 0 Å². The molecule has 3 rings (SSSR count). The summed E-state index contributed by atoms with van der Waals surface area (Å²) in [6, 6.07) is 10.1. The van der Waals surface area contributed by atoms with Crippen LogP contribution in [0, 0.1) is 5.92 Å². The molecule has 2 N–H and O–H groups in total. The molecule has 0 saturated carbocycles. The van der Waals surface area contributed by atoms with Crippen LogP contribution in [0.1, 0.15) is 19.4 Å². The van der Waals surface area contributed by atoms with Crippen molar-refractivity contribution in [2.24, 2.45) is 10.9 Å². The van der Waals surface area contributed by atoms with Crippen molar-refractivity contribution in [3.8, 4) is 5.69 Å². The number of para-hydroxylation sites is 1. The van der Waals surface area contributed by atoms with Gasteiger partial charge in [0.05, 0.1) is 24.6 Å². The van der Waals surface area contributed by atoms with Crippen molar-refractivity contribution >= 4 is 29.9 Å². The summed E-state index contributed by atoms with van der Waals surface area (Å²) in [6.07, 6.45) is 4.09. The summed E-state index contributed by atoms with van der Waals surface area (Å²) in [4.78, 5) is 6.80. The second kappa shape index (κ2) is 12.1. The van der Waals surface area contributed by atoms with Gasteiger partial charge in [-0.05, 0) is 18.1 Å². The molecule has 1 atom stereocenters. The summed E-state index contributed by atoms with van der Waals surface area (Å²) in [6.45, 7) is 9.83. The van der Waals surface area contributed by atoms with Crippen molar-refractivity contribution in [1.82, 2.24) is 25.3 Å². The maximum atomic E-state index is 5.90. The van der Waals surface area contributed by atoms with Gasteiger partial charge in [0, 0.05) is 51.5 Å². The highest BCUT2D eigenvalue weighted by Crippen LogP contribution is 2.08. The van der Waals surface area contributed by atoms with Gasteiger partial charge < -0.3 is 15.4 Å². The molecule has 0 amide bonds. The number of benzene rings is 1. The molecule has 7 nitrogen and oxygen atoms in total. The van der Waals surface area contributed by atoms with Crippen LogP contribution in [0.5, 0.6) is 0 Å². The minimum absolute atomic E-state index is 0. The van der Waals surface area contributed by atoms with Crippen LogP contribution in [-0.2, 0) is 11.3 Å². The Morgan fingerprint density at radius 2 is 2.07 bits per heavy atom. The first-order valence-electron chi connectivity index (χ1n) is 10.0. The van der Waals surface area contributed by atoms with Gasteiger partial charge in [0.1, 0.15) is 0 Å². The van der Waals surface area contributed by atoms with E-state index in [1.54, 1.807) is 7.05 Å². The van der Waals surface area contributed by atoms with Crippen LogP contribution in [0.2, 0.25) is 0 Å². The van der Waals surface area contributed by atoms with E-state index in [9.17, 15) is 0 Å². The molecule has 0 aliphatic carbocycles. The van der Waals surface area contributed by atoms with Gasteiger partial charge in [0.2, 0.25) is 0 Å². The van der Waals surface area contributed by atoms with Crippen LogP contribution in [0.3, 0.4) is 0 Å². The van der Waals surface area contributed by atoms with Crippen molar-refractivity contribution in [3.63, 3.8) is 0 Å². The number of morpholine rings is 1. The average molecular weight is 512 g/mol. The smallest absolute Gasteiger partial charge is 0.191 e. The number of hydrogen-bond donors (Lipinski definition) is 2. The predicted molar refractivity (Wildman–Crippen MR) is 128 cm³/mol. The van der Waals surface area contributed by atoms with Gasteiger partial charge in [-0.3, -0.25) is 9.89 Å². The number of guanidine groups is 1. The minimum Gasteiger partial charge on any atom is -0.374 e. The van der Waals surface area contributed by atoms with E-state index in [0.717, 1.165) is 50.0 Å². The van der Waals surface area contributed by atoms with Crippen LogP contribution >= 0.6 is 24.0 Å². The van der Waals surface area contributed by atoms with Gasteiger partial charge >= 0.3 is 0 Å². The zero-order valence-corrected chi connectivity index (χ0v) is 19.9. The Bertz CT molecular complexity index is 749. The number of rotatable bonds is 7. The van der Waals surface area contributed by atoms with E-state index >= 15 is 0 Å². The molecule has 1 unspecified atom stereocenters. The Balaban J connectivity index is 0.00000300. The quantitative estimate of drug-likeness (QED) is 0.339. The predicted octanol–water partition coefficient (Wildman–Crippen LogP) is 2.51. The molecule has 2 aromatic rings. The van der Waals surface area contributed by atoms with E-state index in [1.165, 1.54) is 0 Å². The third-order valence-corrected chi connectivity index (χ3v) is 4.68. The first-order valence-corrected chi connectivity index (χ1v) is 10.0. The second-order valence-corrected chi connectivity index (χ2v) is 7.58. The second-order valence-electron chi connectivity index (χ2n) is 7.58. The molecule has 0 radical (unpaired) electrons. The zero-order valence-electron chi connectivity index (χ0n) is 17.5. The van der Waals surface area contributed by atoms with Crippen LogP contribution in [0.25, 0.3) is 5.69 Å². The van der Waals surface area contributed by atoms with Gasteiger partial charge in [0.25, 0.3) is 0 Å². The average Bonchev–Trinajstić information content (AvgIpc) is 3.18. The zero-order chi connectivity index (χ0) is 19.8. The Kier molecular flexibility index (Phi) is 9.89. The van der Waals surface area contributed by atoms with Gasteiger partial charge in [-0.25, -0.2) is 4.68 Å². The molecular formula is C21H33IN6O. The first kappa shape index (κ1) is 23.6. The van der Waals surface area contributed by atoms with E-state index in [2.05, 4.69) is 39.5 Å². The fraction of sp³-hybridized carbons (Fsp3) is 0.524. The summed E-state index contributed by atoms with van der Waals surface area (Å²) >= 11 is 0.